The van der Waals surface area contributed by atoms with Gasteiger partial charge in [0.15, 0.2) is 0 Å². The number of amides is 1. The highest BCUT2D eigenvalue weighted by atomic mass is 32.1. The van der Waals surface area contributed by atoms with Gasteiger partial charge in [0.25, 0.3) is 5.91 Å². The summed E-state index contributed by atoms with van der Waals surface area (Å²) < 4.78 is 5.42. The zero-order valence-electron chi connectivity index (χ0n) is 12.7. The molecule has 5 nitrogen and oxygen atoms in total. The second-order valence-electron chi connectivity index (χ2n) is 5.63. The molecule has 0 saturated heterocycles. The molecule has 0 unspecified atom stereocenters. The van der Waals surface area contributed by atoms with Crippen molar-refractivity contribution in [2.24, 2.45) is 0 Å². The van der Waals surface area contributed by atoms with Gasteiger partial charge < -0.3 is 15.2 Å². The fourth-order valence-corrected chi connectivity index (χ4v) is 3.45. The summed E-state index contributed by atoms with van der Waals surface area (Å²) in [5.41, 5.74) is 1.04. The fraction of sp³-hybridized carbons (Fsp3) is 0.294. The van der Waals surface area contributed by atoms with Crippen LogP contribution in [-0.2, 0) is 5.41 Å². The van der Waals surface area contributed by atoms with E-state index < -0.39 is 5.97 Å². The van der Waals surface area contributed by atoms with Crippen LogP contribution in [0.1, 0.15) is 37.7 Å². The van der Waals surface area contributed by atoms with Crippen LogP contribution < -0.4 is 10.1 Å². The summed E-state index contributed by atoms with van der Waals surface area (Å²) in [5, 5.41) is 11.8. The Morgan fingerprint density at radius 3 is 2.52 bits per heavy atom. The predicted octanol–water partition coefficient (Wildman–Crippen LogP) is 2.92. The van der Waals surface area contributed by atoms with Gasteiger partial charge in [-0.1, -0.05) is 18.2 Å². The van der Waals surface area contributed by atoms with E-state index >= 15 is 0 Å². The largest absolute Gasteiger partial charge is 0.496 e. The number of thiophene rings is 1. The van der Waals surface area contributed by atoms with E-state index in [1.165, 1.54) is 6.07 Å². The third kappa shape index (κ3) is 3.07. The first-order valence-electron chi connectivity index (χ1n) is 7.30. The predicted molar refractivity (Wildman–Crippen MR) is 87.5 cm³/mol. The molecule has 6 heteroatoms. The Morgan fingerprint density at radius 2 is 1.91 bits per heavy atom. The normalized spacial score (nSPS) is 15.0. The second kappa shape index (κ2) is 6.04. The highest BCUT2D eigenvalue weighted by Gasteiger charge is 2.46. The van der Waals surface area contributed by atoms with Gasteiger partial charge in [-0.3, -0.25) is 4.79 Å². The van der Waals surface area contributed by atoms with Crippen LogP contribution in [0.4, 0.5) is 0 Å². The SMILES string of the molecule is COc1ccccc1C1(CNC(=O)c2ccc(C(=O)O)s2)CC1. The number of carbonyl (C=O) groups is 2. The van der Waals surface area contributed by atoms with Gasteiger partial charge in [0.05, 0.1) is 12.0 Å². The first-order valence-corrected chi connectivity index (χ1v) is 8.12. The van der Waals surface area contributed by atoms with Crippen molar-refractivity contribution in [3.8, 4) is 5.75 Å². The number of hydrogen-bond donors (Lipinski definition) is 2. The van der Waals surface area contributed by atoms with Gasteiger partial charge in [0.1, 0.15) is 10.6 Å². The van der Waals surface area contributed by atoms with Crippen LogP contribution in [0.3, 0.4) is 0 Å². The van der Waals surface area contributed by atoms with Crippen LogP contribution in [0.15, 0.2) is 36.4 Å². The Kier molecular flexibility index (Phi) is 4.09. The van der Waals surface area contributed by atoms with E-state index in [-0.39, 0.29) is 16.2 Å². The number of benzene rings is 1. The van der Waals surface area contributed by atoms with Gasteiger partial charge in [0, 0.05) is 17.5 Å². The van der Waals surface area contributed by atoms with Gasteiger partial charge in [-0.05, 0) is 31.0 Å². The number of hydrogen-bond acceptors (Lipinski definition) is 4. The summed E-state index contributed by atoms with van der Waals surface area (Å²) >= 11 is 0.987. The summed E-state index contributed by atoms with van der Waals surface area (Å²) in [7, 11) is 1.65. The van der Waals surface area contributed by atoms with Crippen molar-refractivity contribution >= 4 is 23.2 Å². The lowest BCUT2D eigenvalue weighted by molar-refractivity contribution is 0.0702. The number of carboxylic acids is 1. The summed E-state index contributed by atoms with van der Waals surface area (Å²) in [6.45, 7) is 0.520. The Hall–Kier alpha value is -2.34. The Morgan fingerprint density at radius 1 is 1.22 bits per heavy atom. The van der Waals surface area contributed by atoms with E-state index in [0.717, 1.165) is 35.5 Å². The number of methoxy groups -OCH3 is 1. The van der Waals surface area contributed by atoms with Crippen molar-refractivity contribution in [1.29, 1.82) is 0 Å². The molecule has 3 rings (SSSR count). The number of nitrogens with one attached hydrogen (secondary N) is 1. The van der Waals surface area contributed by atoms with Crippen molar-refractivity contribution in [3.63, 3.8) is 0 Å². The molecule has 1 aromatic carbocycles. The molecule has 0 atom stereocenters. The maximum atomic E-state index is 12.2. The summed E-state index contributed by atoms with van der Waals surface area (Å²) in [4.78, 5) is 23.7. The topological polar surface area (TPSA) is 75.6 Å². The first kappa shape index (κ1) is 15.6. The molecule has 0 aliphatic heterocycles. The molecule has 2 aromatic rings. The highest BCUT2D eigenvalue weighted by Crippen LogP contribution is 2.50. The van der Waals surface area contributed by atoms with E-state index in [0.29, 0.717) is 11.4 Å². The van der Waals surface area contributed by atoms with Crippen LogP contribution in [0.5, 0.6) is 5.75 Å². The van der Waals surface area contributed by atoms with Gasteiger partial charge in [0.2, 0.25) is 0 Å². The fourth-order valence-electron chi connectivity index (χ4n) is 2.69. The third-order valence-electron chi connectivity index (χ3n) is 4.16. The average Bonchev–Trinajstić information content (AvgIpc) is 3.18. The molecule has 23 heavy (non-hydrogen) atoms. The Bertz CT molecular complexity index is 749. The third-order valence-corrected chi connectivity index (χ3v) is 5.23. The lowest BCUT2D eigenvalue weighted by Gasteiger charge is -2.19. The van der Waals surface area contributed by atoms with E-state index in [1.807, 2.05) is 24.3 Å². The van der Waals surface area contributed by atoms with Gasteiger partial charge >= 0.3 is 5.97 Å². The van der Waals surface area contributed by atoms with Crippen LogP contribution in [0, 0.1) is 0 Å². The summed E-state index contributed by atoms with van der Waals surface area (Å²) in [6, 6.07) is 10.9. The molecular formula is C17H17NO4S. The van der Waals surface area contributed by atoms with Crippen molar-refractivity contribution in [2.75, 3.05) is 13.7 Å². The molecule has 0 spiro atoms. The van der Waals surface area contributed by atoms with E-state index in [4.69, 9.17) is 9.84 Å². The van der Waals surface area contributed by atoms with Crippen LogP contribution in [0.25, 0.3) is 0 Å². The number of para-hydroxylation sites is 1. The molecule has 120 valence electrons. The Balaban J connectivity index is 1.70. The summed E-state index contributed by atoms with van der Waals surface area (Å²) in [5.74, 6) is -0.408. The minimum absolute atomic E-state index is 0.0743. The molecule has 1 aromatic heterocycles. The van der Waals surface area contributed by atoms with Gasteiger partial charge in [-0.2, -0.15) is 0 Å². The zero-order chi connectivity index (χ0) is 16.4. The quantitative estimate of drug-likeness (QED) is 0.853. The number of carboxylic acid groups (broad SMARTS) is 1. The van der Waals surface area contributed by atoms with Crippen LogP contribution in [-0.4, -0.2) is 30.6 Å². The van der Waals surface area contributed by atoms with Crippen molar-refractivity contribution in [3.05, 3.63) is 51.7 Å². The standard InChI is InChI=1S/C17H17NO4S/c1-22-12-5-3-2-4-11(12)17(8-9-17)10-18-15(19)13-6-7-14(23-13)16(20)21/h2-7H,8-10H2,1H3,(H,18,19)(H,20,21). The maximum Gasteiger partial charge on any atom is 0.345 e. The summed E-state index contributed by atoms with van der Waals surface area (Å²) in [6.07, 6.45) is 2.00. The second-order valence-corrected chi connectivity index (χ2v) is 6.72. The van der Waals surface area contributed by atoms with Crippen molar-refractivity contribution in [1.82, 2.24) is 5.32 Å². The maximum absolute atomic E-state index is 12.2. The molecule has 0 bridgehead atoms. The lowest BCUT2D eigenvalue weighted by atomic mass is 9.95. The number of ether oxygens (including phenoxy) is 1. The highest BCUT2D eigenvalue weighted by molar-refractivity contribution is 7.15. The van der Waals surface area contributed by atoms with Crippen molar-refractivity contribution in [2.45, 2.75) is 18.3 Å². The van der Waals surface area contributed by atoms with Crippen LogP contribution in [0.2, 0.25) is 0 Å². The minimum Gasteiger partial charge on any atom is -0.496 e. The molecule has 1 fully saturated rings. The monoisotopic (exact) mass is 331 g/mol. The van der Waals surface area contributed by atoms with E-state index in [2.05, 4.69) is 5.32 Å². The van der Waals surface area contributed by atoms with Crippen LogP contribution >= 0.6 is 11.3 Å². The van der Waals surface area contributed by atoms with Crippen molar-refractivity contribution < 1.29 is 19.4 Å². The molecule has 1 saturated carbocycles. The molecular weight excluding hydrogens is 314 g/mol. The average molecular weight is 331 g/mol. The van der Waals surface area contributed by atoms with Gasteiger partial charge in [-0.15, -0.1) is 11.3 Å². The molecule has 1 amide bonds. The minimum atomic E-state index is -1.01. The smallest absolute Gasteiger partial charge is 0.345 e. The number of aromatic carboxylic acids is 1. The molecule has 2 N–H and O–H groups in total. The Labute approximate surface area is 137 Å². The molecule has 1 heterocycles. The number of carbonyl (C=O) groups excluding carboxylic acids is 1. The lowest BCUT2D eigenvalue weighted by Crippen LogP contribution is -2.32. The first-order chi connectivity index (χ1) is 11.1. The van der Waals surface area contributed by atoms with E-state index in [1.54, 1.807) is 13.2 Å². The molecule has 1 aliphatic rings. The molecule has 0 radical (unpaired) electrons. The number of rotatable bonds is 6. The van der Waals surface area contributed by atoms with Gasteiger partial charge in [-0.25, -0.2) is 4.79 Å². The zero-order valence-corrected chi connectivity index (χ0v) is 13.5. The molecule has 1 aliphatic carbocycles. The van der Waals surface area contributed by atoms with E-state index in [9.17, 15) is 9.59 Å².